The van der Waals surface area contributed by atoms with Crippen molar-refractivity contribution in [2.75, 3.05) is 19.7 Å². The van der Waals surface area contributed by atoms with E-state index in [1.165, 1.54) is 0 Å². The summed E-state index contributed by atoms with van der Waals surface area (Å²) in [6.07, 6.45) is 3.42. The van der Waals surface area contributed by atoms with Gasteiger partial charge in [0.2, 0.25) is 11.8 Å². The number of aliphatic hydroxyl groups is 1. The molecule has 0 unspecified atom stereocenters. The van der Waals surface area contributed by atoms with Crippen LogP contribution in [0.4, 0.5) is 0 Å². The third-order valence-corrected chi connectivity index (χ3v) is 3.27. The maximum atomic E-state index is 11.7. The van der Waals surface area contributed by atoms with Gasteiger partial charge in [-0.15, -0.1) is 0 Å². The van der Waals surface area contributed by atoms with Crippen molar-refractivity contribution in [2.45, 2.75) is 32.6 Å². The Hall–Kier alpha value is -1.10. The number of hydrogen-bond donors (Lipinski definition) is 3. The summed E-state index contributed by atoms with van der Waals surface area (Å²) < 4.78 is 0. The maximum Gasteiger partial charge on any atom is 0.239 e. The minimum absolute atomic E-state index is 0.00669. The van der Waals surface area contributed by atoms with Gasteiger partial charge in [-0.25, -0.2) is 0 Å². The third kappa shape index (κ3) is 4.73. The molecule has 1 rings (SSSR count). The fourth-order valence-electron chi connectivity index (χ4n) is 2.18. The quantitative estimate of drug-likeness (QED) is 0.637. The van der Waals surface area contributed by atoms with Crippen molar-refractivity contribution in [3.8, 4) is 0 Å². The Morgan fingerprint density at radius 3 is 2.35 bits per heavy atom. The fourth-order valence-corrected chi connectivity index (χ4v) is 2.18. The van der Waals surface area contributed by atoms with Gasteiger partial charge in [-0.05, 0) is 38.5 Å². The molecule has 0 bridgehead atoms. The van der Waals surface area contributed by atoms with Crippen molar-refractivity contribution in [1.29, 1.82) is 0 Å². The average Bonchev–Trinajstić information content (AvgIpc) is 2.36. The normalized spacial score (nSPS) is 24.1. The molecule has 1 aliphatic rings. The van der Waals surface area contributed by atoms with Crippen LogP contribution in [0.3, 0.4) is 0 Å². The molecule has 1 aliphatic carbocycles. The highest BCUT2D eigenvalue weighted by atomic mass is 16.3. The van der Waals surface area contributed by atoms with Crippen molar-refractivity contribution in [3.63, 3.8) is 0 Å². The zero-order valence-corrected chi connectivity index (χ0v) is 10.4. The van der Waals surface area contributed by atoms with Crippen LogP contribution in [0.5, 0.6) is 0 Å². The summed E-state index contributed by atoms with van der Waals surface area (Å²) >= 11 is 0. The highest BCUT2D eigenvalue weighted by Gasteiger charge is 2.25. The van der Waals surface area contributed by atoms with Gasteiger partial charge >= 0.3 is 0 Å². The summed E-state index contributed by atoms with van der Waals surface area (Å²) in [7, 11) is 0. The standard InChI is InChI=1S/C12H22N2O3/c1-2-13-11(16)7-14-12(17)10-5-3-9(8-15)4-6-10/h9-10,15H,2-8H2,1H3,(H,13,16)(H,14,17). The van der Waals surface area contributed by atoms with Crippen LogP contribution in [0, 0.1) is 11.8 Å². The Kier molecular flexibility index (Phi) is 5.97. The van der Waals surface area contributed by atoms with E-state index in [0.717, 1.165) is 25.7 Å². The SMILES string of the molecule is CCNC(=O)CNC(=O)C1CCC(CO)CC1. The minimum Gasteiger partial charge on any atom is -0.396 e. The first-order valence-electron chi connectivity index (χ1n) is 6.32. The predicted octanol–water partition coefficient (Wildman–Crippen LogP) is 0.0374. The molecule has 5 nitrogen and oxygen atoms in total. The number of carbonyl (C=O) groups excluding carboxylic acids is 2. The average molecular weight is 242 g/mol. The molecule has 0 saturated heterocycles. The smallest absolute Gasteiger partial charge is 0.239 e. The second kappa shape index (κ2) is 7.27. The molecular formula is C12H22N2O3. The van der Waals surface area contributed by atoms with E-state index in [4.69, 9.17) is 5.11 Å². The summed E-state index contributed by atoms with van der Waals surface area (Å²) in [6, 6.07) is 0. The van der Waals surface area contributed by atoms with Gasteiger partial charge in [-0.2, -0.15) is 0 Å². The highest BCUT2D eigenvalue weighted by Crippen LogP contribution is 2.28. The lowest BCUT2D eigenvalue weighted by molar-refractivity contribution is -0.129. The third-order valence-electron chi connectivity index (χ3n) is 3.27. The number of carbonyl (C=O) groups is 2. The number of rotatable bonds is 5. The lowest BCUT2D eigenvalue weighted by atomic mass is 9.82. The second-order valence-electron chi connectivity index (χ2n) is 4.57. The molecule has 0 aliphatic heterocycles. The number of nitrogens with one attached hydrogen (secondary N) is 2. The Bertz CT molecular complexity index is 260. The van der Waals surface area contributed by atoms with Crippen LogP contribution >= 0.6 is 0 Å². The first-order valence-corrected chi connectivity index (χ1v) is 6.32. The van der Waals surface area contributed by atoms with Crippen LogP contribution in [-0.4, -0.2) is 36.6 Å². The van der Waals surface area contributed by atoms with Gasteiger partial charge < -0.3 is 15.7 Å². The Labute approximate surface area is 102 Å². The van der Waals surface area contributed by atoms with E-state index in [2.05, 4.69) is 10.6 Å². The summed E-state index contributed by atoms with van der Waals surface area (Å²) in [5.74, 6) is 0.173. The zero-order valence-electron chi connectivity index (χ0n) is 10.4. The van der Waals surface area contributed by atoms with E-state index >= 15 is 0 Å². The van der Waals surface area contributed by atoms with Crippen LogP contribution < -0.4 is 10.6 Å². The first-order chi connectivity index (χ1) is 8.17. The minimum atomic E-state index is -0.148. The molecule has 5 heteroatoms. The number of likely N-dealkylation sites (N-methyl/N-ethyl adjacent to an activating group) is 1. The lowest BCUT2D eigenvalue weighted by Gasteiger charge is -2.26. The fraction of sp³-hybridized carbons (Fsp3) is 0.833. The van der Waals surface area contributed by atoms with Crippen molar-refractivity contribution in [2.24, 2.45) is 11.8 Å². The molecule has 17 heavy (non-hydrogen) atoms. The van der Waals surface area contributed by atoms with Crippen LogP contribution in [0.1, 0.15) is 32.6 Å². The van der Waals surface area contributed by atoms with Crippen molar-refractivity contribution < 1.29 is 14.7 Å². The van der Waals surface area contributed by atoms with Crippen LogP contribution in [-0.2, 0) is 9.59 Å². The first kappa shape index (κ1) is 14.0. The summed E-state index contributed by atoms with van der Waals surface area (Å²) in [5.41, 5.74) is 0. The Morgan fingerprint density at radius 2 is 1.82 bits per heavy atom. The molecule has 1 fully saturated rings. The highest BCUT2D eigenvalue weighted by molar-refractivity contribution is 5.85. The largest absolute Gasteiger partial charge is 0.396 e. The lowest BCUT2D eigenvalue weighted by Crippen LogP contribution is -2.40. The van der Waals surface area contributed by atoms with Gasteiger partial charge in [0.25, 0.3) is 0 Å². The molecule has 0 radical (unpaired) electrons. The molecule has 0 aromatic carbocycles. The van der Waals surface area contributed by atoms with E-state index in [9.17, 15) is 9.59 Å². The topological polar surface area (TPSA) is 78.4 Å². The summed E-state index contributed by atoms with van der Waals surface area (Å²) in [5, 5.41) is 14.3. The van der Waals surface area contributed by atoms with Crippen molar-refractivity contribution in [3.05, 3.63) is 0 Å². The van der Waals surface area contributed by atoms with Gasteiger partial charge in [-0.1, -0.05) is 0 Å². The van der Waals surface area contributed by atoms with Crippen LogP contribution in [0.15, 0.2) is 0 Å². The summed E-state index contributed by atoms with van der Waals surface area (Å²) in [6.45, 7) is 2.70. The summed E-state index contributed by atoms with van der Waals surface area (Å²) in [4.78, 5) is 22.9. The van der Waals surface area contributed by atoms with Gasteiger partial charge in [0, 0.05) is 19.1 Å². The molecule has 0 aromatic heterocycles. The van der Waals surface area contributed by atoms with E-state index < -0.39 is 0 Å². The van der Waals surface area contributed by atoms with Crippen molar-refractivity contribution >= 4 is 11.8 Å². The van der Waals surface area contributed by atoms with E-state index in [1.807, 2.05) is 6.92 Å². The van der Waals surface area contributed by atoms with Crippen LogP contribution in [0.25, 0.3) is 0 Å². The molecule has 98 valence electrons. The maximum absolute atomic E-state index is 11.7. The second-order valence-corrected chi connectivity index (χ2v) is 4.57. The Morgan fingerprint density at radius 1 is 1.18 bits per heavy atom. The monoisotopic (exact) mass is 242 g/mol. The molecule has 2 amide bonds. The Balaban J connectivity index is 2.22. The predicted molar refractivity (Wildman–Crippen MR) is 64.2 cm³/mol. The van der Waals surface area contributed by atoms with Crippen molar-refractivity contribution in [1.82, 2.24) is 10.6 Å². The van der Waals surface area contributed by atoms with Gasteiger partial charge in [0.05, 0.1) is 6.54 Å². The molecular weight excluding hydrogens is 220 g/mol. The molecule has 0 aromatic rings. The van der Waals surface area contributed by atoms with Gasteiger partial charge in [-0.3, -0.25) is 9.59 Å². The molecule has 0 spiro atoms. The van der Waals surface area contributed by atoms with E-state index in [0.29, 0.717) is 12.5 Å². The molecule has 3 N–H and O–H groups in total. The van der Waals surface area contributed by atoms with E-state index in [-0.39, 0.29) is 30.9 Å². The van der Waals surface area contributed by atoms with Gasteiger partial charge in [0.15, 0.2) is 0 Å². The zero-order chi connectivity index (χ0) is 12.7. The van der Waals surface area contributed by atoms with E-state index in [1.54, 1.807) is 0 Å². The van der Waals surface area contributed by atoms with Crippen LogP contribution in [0.2, 0.25) is 0 Å². The number of hydrogen-bond acceptors (Lipinski definition) is 3. The molecule has 1 saturated carbocycles. The number of amides is 2. The molecule has 0 heterocycles. The molecule has 0 atom stereocenters. The van der Waals surface area contributed by atoms with Gasteiger partial charge in [0.1, 0.15) is 0 Å². The number of aliphatic hydroxyl groups excluding tert-OH is 1.